The van der Waals surface area contributed by atoms with Crippen LogP contribution >= 0.6 is 0 Å². The van der Waals surface area contributed by atoms with E-state index >= 15 is 0 Å². The maximum absolute atomic E-state index is 12.0. The molecule has 0 aromatic heterocycles. The predicted molar refractivity (Wildman–Crippen MR) is 67.1 cm³/mol. The van der Waals surface area contributed by atoms with Gasteiger partial charge in [0.1, 0.15) is 0 Å². The van der Waals surface area contributed by atoms with Crippen molar-refractivity contribution in [2.24, 2.45) is 0 Å². The molecule has 1 aliphatic rings. The largest absolute Gasteiger partial charge is 0.361 e. The number of rotatable bonds is 1. The zero-order valence-corrected chi connectivity index (χ0v) is 11.6. The van der Waals surface area contributed by atoms with E-state index in [9.17, 15) is 4.79 Å². The number of hydrogen-bond donors (Lipinski definition) is 0. The van der Waals surface area contributed by atoms with Gasteiger partial charge in [-0.25, -0.2) is 0 Å². The third-order valence-corrected chi connectivity index (χ3v) is 3.48. The summed E-state index contributed by atoms with van der Waals surface area (Å²) in [6, 6.07) is 0.363. The molecule has 0 N–H and O–H groups in total. The molecule has 1 amide bonds. The fourth-order valence-corrected chi connectivity index (χ4v) is 2.49. The van der Waals surface area contributed by atoms with Crippen molar-refractivity contribution >= 4 is 5.91 Å². The summed E-state index contributed by atoms with van der Waals surface area (Å²) in [5.74, 6) is 0.198. The molecule has 3 heteroatoms. The first kappa shape index (κ1) is 13.1. The lowest BCUT2D eigenvalue weighted by Gasteiger charge is -2.50. The van der Waals surface area contributed by atoms with Gasteiger partial charge in [0.2, 0.25) is 5.91 Å². The lowest BCUT2D eigenvalue weighted by Crippen LogP contribution is -2.60. The molecular formula is C13H24N2O. The van der Waals surface area contributed by atoms with E-state index in [-0.39, 0.29) is 11.4 Å². The van der Waals surface area contributed by atoms with Crippen molar-refractivity contribution in [1.82, 2.24) is 9.80 Å². The van der Waals surface area contributed by atoms with E-state index in [0.717, 1.165) is 0 Å². The topological polar surface area (TPSA) is 23.6 Å². The SMILES string of the molecule is CC(C)=C1N(C(C)C)CC(=O)N(C)C1(C)C. The number of allylic oxidation sites excluding steroid dienone is 1. The first-order chi connectivity index (χ1) is 7.19. The third kappa shape index (κ3) is 1.95. The highest BCUT2D eigenvalue weighted by Crippen LogP contribution is 2.33. The van der Waals surface area contributed by atoms with Crippen LogP contribution in [0.25, 0.3) is 0 Å². The normalized spacial score (nSPS) is 20.8. The summed E-state index contributed by atoms with van der Waals surface area (Å²) in [5, 5.41) is 0. The maximum atomic E-state index is 12.0. The van der Waals surface area contributed by atoms with Crippen LogP contribution in [0.4, 0.5) is 0 Å². The average molecular weight is 224 g/mol. The molecule has 1 saturated heterocycles. The summed E-state index contributed by atoms with van der Waals surface area (Å²) in [4.78, 5) is 16.0. The number of carbonyl (C=O) groups is 1. The number of carbonyl (C=O) groups excluding carboxylic acids is 1. The molecule has 1 aliphatic heterocycles. The number of hydrogen-bond acceptors (Lipinski definition) is 2. The Kier molecular flexibility index (Phi) is 3.36. The van der Waals surface area contributed by atoms with Crippen LogP contribution in [0.15, 0.2) is 11.3 Å². The highest BCUT2D eigenvalue weighted by atomic mass is 16.2. The van der Waals surface area contributed by atoms with Crippen molar-refractivity contribution in [2.75, 3.05) is 13.6 Å². The van der Waals surface area contributed by atoms with Gasteiger partial charge in [-0.3, -0.25) is 4.79 Å². The molecule has 0 atom stereocenters. The molecule has 3 nitrogen and oxygen atoms in total. The molecule has 0 aromatic carbocycles. The van der Waals surface area contributed by atoms with Gasteiger partial charge in [-0.05, 0) is 41.5 Å². The minimum atomic E-state index is -0.210. The van der Waals surface area contributed by atoms with Crippen molar-refractivity contribution < 1.29 is 4.79 Å². The van der Waals surface area contributed by atoms with E-state index in [1.807, 2.05) is 11.9 Å². The lowest BCUT2D eigenvalue weighted by molar-refractivity contribution is -0.139. The second-order valence-electron chi connectivity index (χ2n) is 5.58. The molecular weight excluding hydrogens is 200 g/mol. The Balaban J connectivity index is 3.26. The quantitative estimate of drug-likeness (QED) is 0.682. The second-order valence-corrected chi connectivity index (χ2v) is 5.58. The van der Waals surface area contributed by atoms with Crippen LogP contribution in [-0.4, -0.2) is 40.9 Å². The Morgan fingerprint density at radius 3 is 2.19 bits per heavy atom. The van der Waals surface area contributed by atoms with Gasteiger partial charge >= 0.3 is 0 Å². The highest BCUT2D eigenvalue weighted by Gasteiger charge is 2.41. The molecule has 0 aromatic rings. The Morgan fingerprint density at radius 1 is 1.31 bits per heavy atom. The van der Waals surface area contributed by atoms with E-state index in [1.54, 1.807) is 0 Å². The first-order valence-electron chi connectivity index (χ1n) is 5.90. The number of piperazine rings is 1. The molecule has 92 valence electrons. The Morgan fingerprint density at radius 2 is 1.81 bits per heavy atom. The van der Waals surface area contributed by atoms with E-state index in [2.05, 4.69) is 46.4 Å². The molecule has 0 aliphatic carbocycles. The zero-order valence-electron chi connectivity index (χ0n) is 11.6. The van der Waals surface area contributed by atoms with E-state index < -0.39 is 0 Å². The summed E-state index contributed by atoms with van der Waals surface area (Å²) in [5.41, 5.74) is 2.36. The van der Waals surface area contributed by atoms with Crippen molar-refractivity contribution in [3.63, 3.8) is 0 Å². The molecule has 1 fully saturated rings. The smallest absolute Gasteiger partial charge is 0.242 e. The lowest BCUT2D eigenvalue weighted by atomic mass is 9.90. The van der Waals surface area contributed by atoms with E-state index in [4.69, 9.17) is 0 Å². The summed E-state index contributed by atoms with van der Waals surface area (Å²) in [6.45, 7) is 13.2. The van der Waals surface area contributed by atoms with Gasteiger partial charge in [-0.15, -0.1) is 0 Å². The van der Waals surface area contributed by atoms with Gasteiger partial charge in [0.25, 0.3) is 0 Å². The molecule has 0 saturated carbocycles. The monoisotopic (exact) mass is 224 g/mol. The number of nitrogens with zero attached hydrogens (tertiary/aromatic N) is 2. The van der Waals surface area contributed by atoms with Crippen LogP contribution in [0.2, 0.25) is 0 Å². The number of amides is 1. The third-order valence-electron chi connectivity index (χ3n) is 3.48. The zero-order chi connectivity index (χ0) is 12.7. The van der Waals surface area contributed by atoms with E-state index in [0.29, 0.717) is 12.6 Å². The molecule has 0 bridgehead atoms. The minimum Gasteiger partial charge on any atom is -0.361 e. The van der Waals surface area contributed by atoms with Crippen LogP contribution in [-0.2, 0) is 4.79 Å². The van der Waals surface area contributed by atoms with Crippen LogP contribution in [0, 0.1) is 0 Å². The van der Waals surface area contributed by atoms with Crippen molar-refractivity contribution in [3.05, 3.63) is 11.3 Å². The fourth-order valence-electron chi connectivity index (χ4n) is 2.49. The standard InChI is InChI=1S/C13H24N2O/c1-9(2)12-13(5,6)14(7)11(16)8-15(12)10(3)4/h10H,8H2,1-7H3. The second kappa shape index (κ2) is 4.11. The Bertz CT molecular complexity index is 325. The van der Waals surface area contributed by atoms with Crippen molar-refractivity contribution in [2.45, 2.75) is 53.1 Å². The average Bonchev–Trinajstić information content (AvgIpc) is 2.12. The Hall–Kier alpha value is -0.990. The summed E-state index contributed by atoms with van der Waals surface area (Å²) in [7, 11) is 1.89. The molecule has 0 spiro atoms. The predicted octanol–water partition coefficient (Wildman–Crippen LogP) is 2.24. The Labute approximate surface area is 99.1 Å². The van der Waals surface area contributed by atoms with Crippen LogP contribution < -0.4 is 0 Å². The van der Waals surface area contributed by atoms with Crippen LogP contribution in [0.1, 0.15) is 41.5 Å². The maximum Gasteiger partial charge on any atom is 0.242 e. The highest BCUT2D eigenvalue weighted by molar-refractivity contribution is 5.81. The van der Waals surface area contributed by atoms with Gasteiger partial charge in [0.15, 0.2) is 0 Å². The molecule has 16 heavy (non-hydrogen) atoms. The molecule has 1 rings (SSSR count). The number of likely N-dealkylation sites (N-methyl/N-ethyl adjacent to an activating group) is 1. The van der Waals surface area contributed by atoms with Gasteiger partial charge in [0, 0.05) is 18.8 Å². The molecule has 0 unspecified atom stereocenters. The van der Waals surface area contributed by atoms with Crippen LogP contribution in [0.3, 0.4) is 0 Å². The minimum absolute atomic E-state index is 0.198. The van der Waals surface area contributed by atoms with Crippen molar-refractivity contribution in [1.29, 1.82) is 0 Å². The van der Waals surface area contributed by atoms with Crippen molar-refractivity contribution in [3.8, 4) is 0 Å². The van der Waals surface area contributed by atoms with Gasteiger partial charge < -0.3 is 9.80 Å². The first-order valence-corrected chi connectivity index (χ1v) is 5.90. The summed E-state index contributed by atoms with van der Waals surface area (Å²) in [6.07, 6.45) is 0. The molecule has 0 radical (unpaired) electrons. The van der Waals surface area contributed by atoms with Gasteiger partial charge in [0.05, 0.1) is 12.1 Å². The molecule has 1 heterocycles. The fraction of sp³-hybridized carbons (Fsp3) is 0.769. The van der Waals surface area contributed by atoms with E-state index in [1.165, 1.54) is 11.3 Å². The van der Waals surface area contributed by atoms with Gasteiger partial charge in [-0.2, -0.15) is 0 Å². The summed E-state index contributed by atoms with van der Waals surface area (Å²) >= 11 is 0. The van der Waals surface area contributed by atoms with Crippen LogP contribution in [0.5, 0.6) is 0 Å². The van der Waals surface area contributed by atoms with Gasteiger partial charge in [-0.1, -0.05) is 5.57 Å². The summed E-state index contributed by atoms with van der Waals surface area (Å²) < 4.78 is 0.